The number of hydrogen-bond donors (Lipinski definition) is 0. The van der Waals surface area contributed by atoms with Crippen molar-refractivity contribution >= 4 is 0 Å². The third-order valence-electron chi connectivity index (χ3n) is 4.78. The van der Waals surface area contributed by atoms with Gasteiger partial charge in [-0.15, -0.1) is 0 Å². The van der Waals surface area contributed by atoms with Crippen LogP contribution in [0.1, 0.15) is 38.1 Å². The lowest BCUT2D eigenvalue weighted by molar-refractivity contribution is -0.710. The number of ether oxygens (including phenoxy) is 3. The summed E-state index contributed by atoms with van der Waals surface area (Å²) in [4.78, 5) is 0. The zero-order valence-electron chi connectivity index (χ0n) is 15.2. The summed E-state index contributed by atoms with van der Waals surface area (Å²) in [6.07, 6.45) is 2.61. The van der Waals surface area contributed by atoms with Gasteiger partial charge in [-0.2, -0.15) is 4.57 Å². The molecule has 1 saturated heterocycles. The van der Waals surface area contributed by atoms with Crippen LogP contribution in [0, 0.1) is 13.8 Å². The molecule has 0 unspecified atom stereocenters. The Hall–Kier alpha value is -1.81. The van der Waals surface area contributed by atoms with Gasteiger partial charge in [0.05, 0.1) is 13.2 Å². The van der Waals surface area contributed by atoms with Crippen LogP contribution in [0.5, 0.6) is 11.5 Å². The molecule has 0 N–H and O–H groups in total. The van der Waals surface area contributed by atoms with Crippen LogP contribution in [-0.2, 0) is 11.3 Å². The van der Waals surface area contributed by atoms with Crippen LogP contribution in [0.15, 0.2) is 18.2 Å². The van der Waals surface area contributed by atoms with E-state index in [0.717, 1.165) is 48.6 Å². The summed E-state index contributed by atoms with van der Waals surface area (Å²) < 4.78 is 20.1. The van der Waals surface area contributed by atoms with E-state index in [1.165, 1.54) is 11.4 Å². The molecule has 4 heteroatoms. The molecule has 1 aliphatic carbocycles. The van der Waals surface area contributed by atoms with E-state index in [2.05, 4.69) is 18.4 Å². The first kappa shape index (κ1) is 17.0. The van der Waals surface area contributed by atoms with Gasteiger partial charge in [0.1, 0.15) is 28.7 Å². The van der Waals surface area contributed by atoms with Crippen LogP contribution >= 0.6 is 0 Å². The third kappa shape index (κ3) is 3.07. The summed E-state index contributed by atoms with van der Waals surface area (Å²) in [5, 5.41) is 0. The molecule has 0 aromatic carbocycles. The molecule has 0 amide bonds. The lowest BCUT2D eigenvalue weighted by atomic mass is 10.1. The zero-order chi connectivity index (χ0) is 17.1. The molecule has 2 heterocycles. The molecule has 1 fully saturated rings. The van der Waals surface area contributed by atoms with Crippen molar-refractivity contribution in [1.82, 2.24) is 0 Å². The lowest BCUT2D eigenvalue weighted by Gasteiger charge is -2.06. The third-order valence-corrected chi connectivity index (χ3v) is 4.78. The fourth-order valence-electron chi connectivity index (χ4n) is 3.69. The molecule has 0 spiro atoms. The Labute approximate surface area is 144 Å². The Morgan fingerprint density at radius 2 is 1.62 bits per heavy atom. The van der Waals surface area contributed by atoms with E-state index in [1.54, 1.807) is 0 Å². The molecule has 130 valence electrons. The summed E-state index contributed by atoms with van der Waals surface area (Å²) in [5.74, 6) is 1.84. The first-order chi connectivity index (χ1) is 11.7. The SMILES string of the molecule is CCOc1cccc(OCC)c2c(C)[n+](C[C@H]3CCCO3)c(C)c1-2. The maximum atomic E-state index is 5.93. The molecule has 0 radical (unpaired) electrons. The van der Waals surface area contributed by atoms with E-state index in [4.69, 9.17) is 14.2 Å². The predicted octanol–water partition coefficient (Wildman–Crippen LogP) is 3.67. The van der Waals surface area contributed by atoms with E-state index >= 15 is 0 Å². The van der Waals surface area contributed by atoms with Crippen LogP contribution in [0.3, 0.4) is 0 Å². The molecule has 1 atom stereocenters. The highest BCUT2D eigenvalue weighted by Crippen LogP contribution is 2.41. The summed E-state index contributed by atoms with van der Waals surface area (Å²) in [7, 11) is 0. The van der Waals surface area contributed by atoms with Crippen molar-refractivity contribution in [2.45, 2.75) is 53.2 Å². The van der Waals surface area contributed by atoms with Crippen molar-refractivity contribution in [3.63, 3.8) is 0 Å². The molecule has 0 bridgehead atoms. The number of rotatable bonds is 6. The fraction of sp³-hybridized carbons (Fsp3) is 0.550. The van der Waals surface area contributed by atoms with Gasteiger partial charge in [0.2, 0.25) is 0 Å². The minimum atomic E-state index is 0.309. The van der Waals surface area contributed by atoms with Gasteiger partial charge < -0.3 is 14.2 Å². The van der Waals surface area contributed by atoms with Crippen LogP contribution in [-0.4, -0.2) is 25.9 Å². The average molecular weight is 330 g/mol. The predicted molar refractivity (Wildman–Crippen MR) is 94.0 cm³/mol. The van der Waals surface area contributed by atoms with Crippen molar-refractivity contribution in [2.24, 2.45) is 0 Å². The molecule has 3 aliphatic rings. The number of aromatic nitrogens is 1. The number of hydrogen-bond acceptors (Lipinski definition) is 3. The lowest BCUT2D eigenvalue weighted by Crippen LogP contribution is -2.42. The molecule has 4 nitrogen and oxygen atoms in total. The van der Waals surface area contributed by atoms with Gasteiger partial charge in [-0.25, -0.2) is 0 Å². The molecular weight excluding hydrogens is 302 g/mol. The van der Waals surface area contributed by atoms with Crippen LogP contribution in [0.2, 0.25) is 0 Å². The normalized spacial score (nSPS) is 17.4. The molecule has 0 aromatic heterocycles. The second-order valence-electron chi connectivity index (χ2n) is 6.29. The van der Waals surface area contributed by atoms with E-state index in [-0.39, 0.29) is 0 Å². The van der Waals surface area contributed by atoms with Gasteiger partial charge in [-0.05, 0) is 38.8 Å². The minimum absolute atomic E-state index is 0.309. The van der Waals surface area contributed by atoms with Gasteiger partial charge in [-0.3, -0.25) is 0 Å². The average Bonchev–Trinajstić information content (AvgIpc) is 3.10. The minimum Gasteiger partial charge on any atom is -0.493 e. The molecule has 0 aromatic rings. The van der Waals surface area contributed by atoms with E-state index in [1.807, 2.05) is 32.0 Å². The molecule has 24 heavy (non-hydrogen) atoms. The molecule has 2 aliphatic heterocycles. The number of nitrogens with zero attached hydrogens (tertiary/aromatic N) is 1. The zero-order valence-corrected chi connectivity index (χ0v) is 15.2. The second kappa shape index (κ2) is 7.39. The summed E-state index contributed by atoms with van der Waals surface area (Å²) in [6, 6.07) is 6.09. The Morgan fingerprint density at radius 3 is 2.08 bits per heavy atom. The first-order valence-electron chi connectivity index (χ1n) is 9.00. The summed E-state index contributed by atoms with van der Waals surface area (Å²) >= 11 is 0. The van der Waals surface area contributed by atoms with Crippen LogP contribution < -0.4 is 14.0 Å². The highest BCUT2D eigenvalue weighted by atomic mass is 16.5. The maximum Gasteiger partial charge on any atom is 0.190 e. The van der Waals surface area contributed by atoms with Gasteiger partial charge in [-0.1, -0.05) is 6.07 Å². The molecule has 0 saturated carbocycles. The highest BCUT2D eigenvalue weighted by molar-refractivity contribution is 5.79. The van der Waals surface area contributed by atoms with E-state index < -0.39 is 0 Å². The van der Waals surface area contributed by atoms with E-state index in [9.17, 15) is 0 Å². The van der Waals surface area contributed by atoms with Gasteiger partial charge in [0.25, 0.3) is 0 Å². The fourth-order valence-corrected chi connectivity index (χ4v) is 3.69. The smallest absolute Gasteiger partial charge is 0.190 e. The van der Waals surface area contributed by atoms with Crippen molar-refractivity contribution in [3.05, 3.63) is 29.6 Å². The standard InChI is InChI=1S/C20H28NO3/c1-5-22-17-10-7-11-18(23-6-2)20-15(4)21(14(3)19(17)20)13-16-9-8-12-24-16/h7,10-11,16H,5-6,8-9,12-13H2,1-4H3/q+1/t16-/m1/s1. The Balaban J connectivity index is 2.15. The van der Waals surface area contributed by atoms with Crippen molar-refractivity contribution in [3.8, 4) is 22.6 Å². The quantitative estimate of drug-likeness (QED) is 0.757. The van der Waals surface area contributed by atoms with Gasteiger partial charge in [0.15, 0.2) is 17.9 Å². The largest absolute Gasteiger partial charge is 0.493 e. The first-order valence-corrected chi connectivity index (χ1v) is 9.00. The second-order valence-corrected chi connectivity index (χ2v) is 6.29. The van der Waals surface area contributed by atoms with Crippen molar-refractivity contribution in [1.29, 1.82) is 0 Å². The van der Waals surface area contributed by atoms with E-state index in [0.29, 0.717) is 19.3 Å². The monoisotopic (exact) mass is 330 g/mol. The van der Waals surface area contributed by atoms with Gasteiger partial charge >= 0.3 is 0 Å². The Bertz CT molecular complexity index is 631. The summed E-state index contributed by atoms with van der Waals surface area (Å²) in [5.41, 5.74) is 4.75. The maximum absolute atomic E-state index is 5.93. The van der Waals surface area contributed by atoms with Crippen LogP contribution in [0.4, 0.5) is 0 Å². The topological polar surface area (TPSA) is 31.6 Å². The molecule has 3 rings (SSSR count). The van der Waals surface area contributed by atoms with Gasteiger partial charge in [0, 0.05) is 20.5 Å². The van der Waals surface area contributed by atoms with Crippen molar-refractivity contribution in [2.75, 3.05) is 19.8 Å². The highest BCUT2D eigenvalue weighted by Gasteiger charge is 2.34. The van der Waals surface area contributed by atoms with Crippen molar-refractivity contribution < 1.29 is 18.8 Å². The number of fused-ring (bicyclic) bond motifs is 1. The Morgan fingerprint density at radius 1 is 1.04 bits per heavy atom. The summed E-state index contributed by atoms with van der Waals surface area (Å²) in [6.45, 7) is 11.5. The molecular formula is C20H28NO3+. The van der Waals surface area contributed by atoms with Crippen LogP contribution in [0.25, 0.3) is 11.1 Å². The Kier molecular flexibility index (Phi) is 5.24.